The Balaban J connectivity index is 1.30. The summed E-state index contributed by atoms with van der Waals surface area (Å²) in [6, 6.07) is 10.8. The maximum atomic E-state index is 12.9. The van der Waals surface area contributed by atoms with Gasteiger partial charge in [0.15, 0.2) is 5.16 Å². The number of hydrogen-bond donors (Lipinski definition) is 1. The van der Waals surface area contributed by atoms with Gasteiger partial charge in [0.25, 0.3) is 0 Å². The van der Waals surface area contributed by atoms with Crippen molar-refractivity contribution in [2.24, 2.45) is 5.92 Å². The highest BCUT2D eigenvalue weighted by Gasteiger charge is 2.31. The summed E-state index contributed by atoms with van der Waals surface area (Å²) < 4.78 is 1.71. The molecule has 27 heavy (non-hydrogen) atoms. The molecule has 6 nitrogen and oxygen atoms in total. The monoisotopic (exact) mass is 386 g/mol. The Bertz CT molecular complexity index is 835. The Labute approximate surface area is 163 Å². The number of thioether (sulfide) groups is 1. The predicted molar refractivity (Wildman–Crippen MR) is 106 cm³/mol. The minimum Gasteiger partial charge on any atom is -0.342 e. The van der Waals surface area contributed by atoms with Gasteiger partial charge in [-0.1, -0.05) is 42.1 Å². The summed E-state index contributed by atoms with van der Waals surface area (Å²) in [7, 11) is 0. The molecule has 1 aromatic carbocycles. The molecule has 1 aliphatic heterocycles. The maximum absolute atomic E-state index is 12.9. The molecule has 0 bridgehead atoms. The van der Waals surface area contributed by atoms with Crippen molar-refractivity contribution in [2.75, 3.05) is 13.1 Å². The number of piperidine rings is 1. The molecule has 7 heteroatoms. The molecule has 2 aliphatic rings. The lowest BCUT2D eigenvalue weighted by molar-refractivity contribution is -0.131. The van der Waals surface area contributed by atoms with Crippen LogP contribution < -0.4 is 5.69 Å². The van der Waals surface area contributed by atoms with Gasteiger partial charge >= 0.3 is 5.69 Å². The van der Waals surface area contributed by atoms with Crippen molar-refractivity contribution < 1.29 is 4.79 Å². The molecule has 1 saturated heterocycles. The van der Waals surface area contributed by atoms with E-state index >= 15 is 0 Å². The van der Waals surface area contributed by atoms with E-state index in [-0.39, 0.29) is 22.9 Å². The highest BCUT2D eigenvalue weighted by atomic mass is 32.2. The first-order chi connectivity index (χ1) is 13.1. The average molecular weight is 387 g/mol. The zero-order valence-electron chi connectivity index (χ0n) is 15.6. The first kappa shape index (κ1) is 18.3. The number of carbonyl (C=O) groups is 1. The molecule has 144 valence electrons. The van der Waals surface area contributed by atoms with E-state index in [0.29, 0.717) is 11.1 Å². The van der Waals surface area contributed by atoms with Crippen molar-refractivity contribution in [1.29, 1.82) is 0 Å². The van der Waals surface area contributed by atoms with Crippen LogP contribution in [0.3, 0.4) is 0 Å². The quantitative estimate of drug-likeness (QED) is 0.775. The van der Waals surface area contributed by atoms with Crippen LogP contribution in [0.15, 0.2) is 40.3 Å². The molecule has 2 fully saturated rings. The molecular formula is C20H26N4O2S. The van der Waals surface area contributed by atoms with Crippen LogP contribution in [0.1, 0.15) is 44.2 Å². The van der Waals surface area contributed by atoms with Crippen molar-refractivity contribution in [3.8, 4) is 0 Å². The first-order valence-corrected chi connectivity index (χ1v) is 10.7. The number of carbonyl (C=O) groups excluding carboxylic acids is 1. The van der Waals surface area contributed by atoms with Crippen molar-refractivity contribution in [3.05, 3.63) is 46.4 Å². The van der Waals surface area contributed by atoms with E-state index in [4.69, 9.17) is 0 Å². The standard InChI is InChI=1S/C20H26N4O2S/c1-14(27-20-22-21-19(26)24(20)17-7-8-17)18(25)23-11-9-16(10-12-23)13-15-5-3-2-4-6-15/h2-6,14,16-17H,7-13H2,1H3,(H,21,26). The molecule has 0 radical (unpaired) electrons. The largest absolute Gasteiger partial charge is 0.344 e. The van der Waals surface area contributed by atoms with Crippen LogP contribution in [0.25, 0.3) is 0 Å². The van der Waals surface area contributed by atoms with Crippen molar-refractivity contribution in [3.63, 3.8) is 0 Å². The second-order valence-corrected chi connectivity index (χ2v) is 8.94. The van der Waals surface area contributed by atoms with E-state index in [9.17, 15) is 9.59 Å². The number of likely N-dealkylation sites (tertiary alicyclic amines) is 1. The summed E-state index contributed by atoms with van der Waals surface area (Å²) in [6.07, 6.45) is 5.23. The van der Waals surface area contributed by atoms with Crippen molar-refractivity contribution in [2.45, 2.75) is 55.5 Å². The number of hydrogen-bond acceptors (Lipinski definition) is 4. The lowest BCUT2D eigenvalue weighted by Crippen LogP contribution is -2.42. The van der Waals surface area contributed by atoms with Gasteiger partial charge in [0.1, 0.15) is 0 Å². The van der Waals surface area contributed by atoms with Crippen LogP contribution >= 0.6 is 11.8 Å². The van der Waals surface area contributed by atoms with Crippen LogP contribution in [0.2, 0.25) is 0 Å². The van der Waals surface area contributed by atoms with Crippen LogP contribution in [0.4, 0.5) is 0 Å². The second-order valence-electron chi connectivity index (χ2n) is 7.63. The van der Waals surface area contributed by atoms with Gasteiger partial charge in [0.2, 0.25) is 5.91 Å². The van der Waals surface area contributed by atoms with E-state index in [0.717, 1.165) is 45.2 Å². The Morgan fingerprint density at radius 1 is 1.22 bits per heavy atom. The number of nitrogens with zero attached hydrogens (tertiary/aromatic N) is 3. The Morgan fingerprint density at radius 3 is 2.59 bits per heavy atom. The molecule has 2 heterocycles. The van der Waals surface area contributed by atoms with E-state index in [1.54, 1.807) is 4.57 Å². The van der Waals surface area contributed by atoms with Crippen molar-refractivity contribution >= 4 is 17.7 Å². The first-order valence-electron chi connectivity index (χ1n) is 9.78. The molecule has 4 rings (SSSR count). The molecule has 1 atom stereocenters. The zero-order valence-corrected chi connectivity index (χ0v) is 16.5. The van der Waals surface area contributed by atoms with Gasteiger partial charge in [0, 0.05) is 19.1 Å². The van der Waals surface area contributed by atoms with Crippen LogP contribution in [-0.4, -0.2) is 43.9 Å². The molecule has 1 saturated carbocycles. The van der Waals surface area contributed by atoms with Crippen molar-refractivity contribution in [1.82, 2.24) is 19.7 Å². The molecule has 1 amide bonds. The highest BCUT2D eigenvalue weighted by molar-refractivity contribution is 8.00. The lowest BCUT2D eigenvalue weighted by Gasteiger charge is -2.33. The number of nitrogens with one attached hydrogen (secondary N) is 1. The average Bonchev–Trinajstić information content (AvgIpc) is 3.46. The van der Waals surface area contributed by atoms with Crippen LogP contribution in [0.5, 0.6) is 0 Å². The lowest BCUT2D eigenvalue weighted by atomic mass is 9.90. The van der Waals surface area contributed by atoms with Gasteiger partial charge in [-0.05, 0) is 50.5 Å². The SMILES string of the molecule is CC(Sc1n[nH]c(=O)n1C1CC1)C(=O)N1CCC(Cc2ccccc2)CC1. The number of rotatable bonds is 6. The van der Waals surface area contributed by atoms with E-state index in [1.165, 1.54) is 17.3 Å². The fourth-order valence-corrected chi connectivity index (χ4v) is 4.81. The third-order valence-electron chi connectivity index (χ3n) is 5.51. The summed E-state index contributed by atoms with van der Waals surface area (Å²) in [5.74, 6) is 0.793. The van der Waals surface area contributed by atoms with Gasteiger partial charge in [-0.15, -0.1) is 5.10 Å². The van der Waals surface area contributed by atoms with E-state index in [2.05, 4.69) is 34.5 Å². The predicted octanol–water partition coefficient (Wildman–Crippen LogP) is 2.87. The maximum Gasteiger partial charge on any atom is 0.344 e. The Kier molecular flexibility index (Phi) is 5.38. The molecule has 1 aromatic heterocycles. The number of aromatic nitrogens is 3. The Morgan fingerprint density at radius 2 is 1.93 bits per heavy atom. The minimum atomic E-state index is -0.233. The van der Waals surface area contributed by atoms with Gasteiger partial charge in [0.05, 0.1) is 5.25 Å². The third-order valence-corrected chi connectivity index (χ3v) is 6.56. The normalized spacial score (nSPS) is 19.2. The molecule has 0 spiro atoms. The second kappa shape index (κ2) is 7.92. The molecular weight excluding hydrogens is 360 g/mol. The van der Waals surface area contributed by atoms with E-state index < -0.39 is 0 Å². The third kappa shape index (κ3) is 4.29. The van der Waals surface area contributed by atoms with Crippen LogP contribution in [-0.2, 0) is 11.2 Å². The number of amides is 1. The number of benzene rings is 1. The molecule has 2 aromatic rings. The van der Waals surface area contributed by atoms with Gasteiger partial charge in [-0.3, -0.25) is 9.36 Å². The topological polar surface area (TPSA) is 71.0 Å². The minimum absolute atomic E-state index is 0.149. The van der Waals surface area contributed by atoms with Crippen LogP contribution in [0, 0.1) is 5.92 Å². The summed E-state index contributed by atoms with van der Waals surface area (Å²) >= 11 is 1.39. The number of aromatic amines is 1. The molecule has 1 unspecified atom stereocenters. The summed E-state index contributed by atoms with van der Waals surface area (Å²) in [6.45, 7) is 3.55. The van der Waals surface area contributed by atoms with Gasteiger partial charge in [-0.2, -0.15) is 0 Å². The fourth-order valence-electron chi connectivity index (χ4n) is 3.80. The van der Waals surface area contributed by atoms with Gasteiger partial charge in [-0.25, -0.2) is 9.89 Å². The van der Waals surface area contributed by atoms with Gasteiger partial charge < -0.3 is 4.90 Å². The summed E-state index contributed by atoms with van der Waals surface area (Å²) in [5.41, 5.74) is 1.21. The smallest absolute Gasteiger partial charge is 0.342 e. The zero-order chi connectivity index (χ0) is 18.8. The highest BCUT2D eigenvalue weighted by Crippen LogP contribution is 2.37. The number of H-pyrrole nitrogens is 1. The van der Waals surface area contributed by atoms with E-state index in [1.807, 2.05) is 17.9 Å². The Hall–Kier alpha value is -2.02. The summed E-state index contributed by atoms with van der Waals surface area (Å²) in [4.78, 5) is 26.7. The molecule has 1 N–H and O–H groups in total. The summed E-state index contributed by atoms with van der Waals surface area (Å²) in [5, 5.41) is 7.05. The fraction of sp³-hybridized carbons (Fsp3) is 0.550. The molecule has 1 aliphatic carbocycles.